The van der Waals surface area contributed by atoms with Gasteiger partial charge in [-0.3, -0.25) is 0 Å². The number of carbonyl (C=O) groups excluding carboxylic acids is 1. The van der Waals surface area contributed by atoms with Gasteiger partial charge in [0.2, 0.25) is 0 Å². The zero-order valence-corrected chi connectivity index (χ0v) is 9.98. The smallest absolute Gasteiger partial charge is 0.338 e. The number of methoxy groups -OCH3 is 2. The first-order valence-electron chi connectivity index (χ1n) is 3.71. The van der Waals surface area contributed by atoms with Crippen LogP contribution >= 0.6 is 27.5 Å². The van der Waals surface area contributed by atoms with Crippen molar-refractivity contribution in [2.24, 2.45) is 0 Å². The minimum atomic E-state index is -0.447. The van der Waals surface area contributed by atoms with Gasteiger partial charge in [0.15, 0.2) is 0 Å². The lowest BCUT2D eigenvalue weighted by atomic mass is 10.2. The molecule has 0 saturated heterocycles. The van der Waals surface area contributed by atoms with Crippen LogP contribution in [0.1, 0.15) is 10.4 Å². The van der Waals surface area contributed by atoms with Gasteiger partial charge in [-0.2, -0.15) is 0 Å². The van der Waals surface area contributed by atoms with E-state index >= 15 is 0 Å². The number of hydrogen-bond donors (Lipinski definition) is 0. The van der Waals surface area contributed by atoms with Crippen molar-refractivity contribution in [2.75, 3.05) is 14.2 Å². The fourth-order valence-electron chi connectivity index (χ4n) is 0.948. The first-order chi connectivity index (χ1) is 6.60. The summed E-state index contributed by atoms with van der Waals surface area (Å²) in [6, 6.07) is 3.07. The number of esters is 1. The maximum Gasteiger partial charge on any atom is 0.338 e. The molecule has 14 heavy (non-hydrogen) atoms. The van der Waals surface area contributed by atoms with Crippen LogP contribution < -0.4 is 4.74 Å². The van der Waals surface area contributed by atoms with Gasteiger partial charge >= 0.3 is 5.97 Å². The van der Waals surface area contributed by atoms with E-state index in [1.54, 1.807) is 6.07 Å². The molecule has 0 heterocycles. The monoisotopic (exact) mass is 278 g/mol. The van der Waals surface area contributed by atoms with Crippen LogP contribution in [0.5, 0.6) is 5.75 Å². The minimum absolute atomic E-state index is 0.359. The fraction of sp³-hybridized carbons (Fsp3) is 0.222. The van der Waals surface area contributed by atoms with Crippen LogP contribution in [-0.4, -0.2) is 20.2 Å². The van der Waals surface area contributed by atoms with Gasteiger partial charge in [-0.15, -0.1) is 0 Å². The number of hydrogen-bond acceptors (Lipinski definition) is 3. The van der Waals surface area contributed by atoms with Gasteiger partial charge in [-0.05, 0) is 28.1 Å². The predicted molar refractivity (Wildman–Crippen MR) is 57.0 cm³/mol. The lowest BCUT2D eigenvalue weighted by Gasteiger charge is -2.07. The Morgan fingerprint density at radius 3 is 2.57 bits per heavy atom. The Kier molecular flexibility index (Phi) is 3.77. The van der Waals surface area contributed by atoms with Crippen molar-refractivity contribution in [3.63, 3.8) is 0 Å². The van der Waals surface area contributed by atoms with E-state index in [2.05, 4.69) is 20.7 Å². The van der Waals surface area contributed by atoms with E-state index in [4.69, 9.17) is 16.3 Å². The highest BCUT2D eigenvalue weighted by Gasteiger charge is 2.12. The summed E-state index contributed by atoms with van der Waals surface area (Å²) < 4.78 is 10.2. The maximum atomic E-state index is 11.2. The van der Waals surface area contributed by atoms with Crippen LogP contribution in [0.2, 0.25) is 5.02 Å². The number of carbonyl (C=O) groups is 1. The lowest BCUT2D eigenvalue weighted by Crippen LogP contribution is -2.01. The highest BCUT2D eigenvalue weighted by Crippen LogP contribution is 2.33. The molecule has 0 fully saturated rings. The Bertz CT molecular complexity index is 365. The van der Waals surface area contributed by atoms with Crippen molar-refractivity contribution in [1.29, 1.82) is 0 Å². The van der Waals surface area contributed by atoms with Crippen molar-refractivity contribution >= 4 is 33.5 Å². The molecule has 0 radical (unpaired) electrons. The second-order valence-electron chi connectivity index (χ2n) is 2.47. The Morgan fingerprint density at radius 1 is 1.43 bits per heavy atom. The molecule has 0 aliphatic rings. The molecule has 0 amide bonds. The minimum Gasteiger partial charge on any atom is -0.495 e. The topological polar surface area (TPSA) is 35.5 Å². The number of halogens is 2. The third-order valence-corrected chi connectivity index (χ3v) is 2.98. The summed E-state index contributed by atoms with van der Waals surface area (Å²) in [6.45, 7) is 0. The molecule has 3 nitrogen and oxygen atoms in total. The van der Waals surface area contributed by atoms with Gasteiger partial charge in [0, 0.05) is 0 Å². The van der Waals surface area contributed by atoms with E-state index < -0.39 is 5.97 Å². The van der Waals surface area contributed by atoms with Crippen molar-refractivity contribution in [1.82, 2.24) is 0 Å². The van der Waals surface area contributed by atoms with Gasteiger partial charge in [0.25, 0.3) is 0 Å². The first-order valence-corrected chi connectivity index (χ1v) is 4.88. The quantitative estimate of drug-likeness (QED) is 0.781. The van der Waals surface area contributed by atoms with Crippen molar-refractivity contribution in [3.8, 4) is 5.75 Å². The molecule has 0 aliphatic heterocycles. The van der Waals surface area contributed by atoms with Crippen LogP contribution in [0.25, 0.3) is 0 Å². The molecule has 1 aromatic rings. The van der Waals surface area contributed by atoms with E-state index in [-0.39, 0.29) is 0 Å². The summed E-state index contributed by atoms with van der Waals surface area (Å²) in [5.74, 6) is 0.0515. The molecular weight excluding hydrogens is 271 g/mol. The van der Waals surface area contributed by atoms with Crippen molar-refractivity contribution in [2.45, 2.75) is 0 Å². The maximum absolute atomic E-state index is 11.2. The summed E-state index contributed by atoms with van der Waals surface area (Å²) in [5.41, 5.74) is 0.359. The van der Waals surface area contributed by atoms with E-state index in [1.807, 2.05) is 0 Å². The van der Waals surface area contributed by atoms with Crippen LogP contribution in [0.3, 0.4) is 0 Å². The molecule has 5 heteroatoms. The predicted octanol–water partition coefficient (Wildman–Crippen LogP) is 2.90. The second kappa shape index (κ2) is 4.66. The highest BCUT2D eigenvalue weighted by atomic mass is 79.9. The average Bonchev–Trinajstić information content (AvgIpc) is 2.20. The summed E-state index contributed by atoms with van der Waals surface area (Å²) in [5, 5.41) is 0.407. The molecule has 0 bridgehead atoms. The van der Waals surface area contributed by atoms with Crippen molar-refractivity contribution < 1.29 is 14.3 Å². The van der Waals surface area contributed by atoms with Gasteiger partial charge in [-0.1, -0.05) is 11.6 Å². The molecule has 0 atom stereocenters. The molecule has 0 unspecified atom stereocenters. The Hall–Kier alpha value is -0.740. The summed E-state index contributed by atoms with van der Waals surface area (Å²) in [7, 11) is 2.81. The molecule has 76 valence electrons. The molecule has 0 aromatic heterocycles. The number of benzene rings is 1. The van der Waals surface area contributed by atoms with Crippen molar-refractivity contribution in [3.05, 3.63) is 27.2 Å². The SMILES string of the molecule is COC(=O)c1cc(Cl)c(Br)c(OC)c1. The standard InChI is InChI=1S/C9H8BrClO3/c1-13-7-4-5(9(12)14-2)3-6(11)8(7)10/h3-4H,1-2H3. The molecule has 0 aliphatic carbocycles. The van der Waals surface area contributed by atoms with E-state index in [1.165, 1.54) is 20.3 Å². The van der Waals surface area contributed by atoms with E-state index in [0.717, 1.165) is 0 Å². The highest BCUT2D eigenvalue weighted by molar-refractivity contribution is 9.10. The van der Waals surface area contributed by atoms with Crippen LogP contribution in [0.15, 0.2) is 16.6 Å². The third kappa shape index (κ3) is 2.19. The summed E-state index contributed by atoms with van der Waals surface area (Å²) in [6.07, 6.45) is 0. The summed E-state index contributed by atoms with van der Waals surface area (Å²) in [4.78, 5) is 11.2. The van der Waals surface area contributed by atoms with Gasteiger partial charge < -0.3 is 9.47 Å². The zero-order chi connectivity index (χ0) is 10.7. The first kappa shape index (κ1) is 11.3. The lowest BCUT2D eigenvalue weighted by molar-refractivity contribution is 0.0600. The Labute approximate surface area is 95.1 Å². The zero-order valence-electron chi connectivity index (χ0n) is 7.64. The molecule has 0 saturated carbocycles. The molecule has 0 N–H and O–H groups in total. The normalized spacial score (nSPS) is 9.71. The molecule has 1 rings (SSSR count). The second-order valence-corrected chi connectivity index (χ2v) is 3.67. The average molecular weight is 280 g/mol. The van der Waals surface area contributed by atoms with E-state index in [0.29, 0.717) is 20.8 Å². The number of ether oxygens (including phenoxy) is 2. The fourth-order valence-corrected chi connectivity index (χ4v) is 1.55. The van der Waals surface area contributed by atoms with E-state index in [9.17, 15) is 4.79 Å². The van der Waals surface area contributed by atoms with Gasteiger partial charge in [-0.25, -0.2) is 4.79 Å². The molecule has 1 aromatic carbocycles. The van der Waals surface area contributed by atoms with Crippen LogP contribution in [0, 0.1) is 0 Å². The Morgan fingerprint density at radius 2 is 2.07 bits per heavy atom. The Balaban J connectivity index is 3.22. The van der Waals surface area contributed by atoms with Gasteiger partial charge in [0.05, 0.1) is 29.3 Å². The van der Waals surface area contributed by atoms with Crippen LogP contribution in [0.4, 0.5) is 0 Å². The largest absolute Gasteiger partial charge is 0.495 e. The van der Waals surface area contributed by atoms with Gasteiger partial charge in [0.1, 0.15) is 5.75 Å². The molecular formula is C9H8BrClO3. The number of rotatable bonds is 2. The molecule has 0 spiro atoms. The van der Waals surface area contributed by atoms with Crippen LogP contribution in [-0.2, 0) is 4.74 Å². The summed E-state index contributed by atoms with van der Waals surface area (Å²) >= 11 is 9.10. The third-order valence-electron chi connectivity index (χ3n) is 1.64.